The van der Waals surface area contributed by atoms with Crippen LogP contribution in [0.25, 0.3) is 10.9 Å². The van der Waals surface area contributed by atoms with Gasteiger partial charge in [0.1, 0.15) is 0 Å². The van der Waals surface area contributed by atoms with E-state index in [2.05, 4.69) is 28.1 Å². The smallest absolute Gasteiger partial charge is 0.0913 e. The summed E-state index contributed by atoms with van der Waals surface area (Å²) in [5.74, 6) is 0. The van der Waals surface area contributed by atoms with Crippen molar-refractivity contribution in [2.75, 3.05) is 13.6 Å². The van der Waals surface area contributed by atoms with Crippen LogP contribution in [0.2, 0.25) is 5.02 Å². The maximum absolute atomic E-state index is 10.7. The van der Waals surface area contributed by atoms with Gasteiger partial charge in [0.2, 0.25) is 0 Å². The van der Waals surface area contributed by atoms with Gasteiger partial charge in [-0.2, -0.15) is 0 Å². The van der Waals surface area contributed by atoms with Crippen molar-refractivity contribution in [3.63, 3.8) is 0 Å². The molecule has 0 saturated carbocycles. The maximum Gasteiger partial charge on any atom is 0.0913 e. The summed E-state index contributed by atoms with van der Waals surface area (Å²) in [5.41, 5.74) is 2.01. The number of fused-ring (bicyclic) bond motifs is 1. The Morgan fingerprint density at radius 2 is 1.82 bits per heavy atom. The fraction of sp³-hybridized carbons (Fsp3) is 0.222. The molecule has 4 heteroatoms. The molecule has 0 spiro atoms. The van der Waals surface area contributed by atoms with Crippen molar-refractivity contribution in [1.82, 2.24) is 9.88 Å². The van der Waals surface area contributed by atoms with E-state index >= 15 is 0 Å². The van der Waals surface area contributed by atoms with E-state index in [1.807, 2.05) is 49.6 Å². The standard InChI is InChI=1S/C18H19ClN2O/c1-20-12-17(22)18(14-7-3-4-8-15(14)19)21-11-10-13-6-2-5-9-16(13)21/h2-11,17-18,20,22H,12H2,1H3/t17-,18+/m1/s1. The summed E-state index contributed by atoms with van der Waals surface area (Å²) in [6.45, 7) is 0.488. The van der Waals surface area contributed by atoms with Gasteiger partial charge < -0.3 is 15.0 Å². The molecule has 0 unspecified atom stereocenters. The zero-order valence-corrected chi connectivity index (χ0v) is 13.2. The Morgan fingerprint density at radius 1 is 1.09 bits per heavy atom. The number of nitrogens with zero attached hydrogens (tertiary/aromatic N) is 1. The monoisotopic (exact) mass is 314 g/mol. The third-order valence-electron chi connectivity index (χ3n) is 3.93. The quantitative estimate of drug-likeness (QED) is 0.756. The van der Waals surface area contributed by atoms with Gasteiger partial charge in [0, 0.05) is 23.3 Å². The van der Waals surface area contributed by atoms with Gasteiger partial charge >= 0.3 is 0 Å². The number of benzene rings is 2. The molecule has 2 aromatic carbocycles. The van der Waals surface area contributed by atoms with E-state index in [1.54, 1.807) is 0 Å². The van der Waals surface area contributed by atoms with Crippen molar-refractivity contribution >= 4 is 22.5 Å². The first-order valence-corrected chi connectivity index (χ1v) is 7.73. The second kappa shape index (κ2) is 6.53. The Hall–Kier alpha value is -1.81. The van der Waals surface area contributed by atoms with Gasteiger partial charge in [-0.1, -0.05) is 48.0 Å². The zero-order valence-electron chi connectivity index (χ0n) is 12.4. The van der Waals surface area contributed by atoms with Gasteiger partial charge in [0.25, 0.3) is 0 Å². The first-order valence-electron chi connectivity index (χ1n) is 7.35. The molecule has 1 aromatic heterocycles. The molecular weight excluding hydrogens is 296 g/mol. The Kier molecular flexibility index (Phi) is 4.48. The normalized spacial score (nSPS) is 14.1. The summed E-state index contributed by atoms with van der Waals surface area (Å²) in [6.07, 6.45) is 1.43. The van der Waals surface area contributed by atoms with E-state index in [-0.39, 0.29) is 6.04 Å². The van der Waals surface area contributed by atoms with Crippen LogP contribution in [0.1, 0.15) is 11.6 Å². The van der Waals surface area contributed by atoms with Crippen molar-refractivity contribution in [2.24, 2.45) is 0 Å². The lowest BCUT2D eigenvalue weighted by atomic mass is 10.0. The Balaban J connectivity index is 2.15. The molecule has 0 fully saturated rings. The predicted molar refractivity (Wildman–Crippen MR) is 91.5 cm³/mol. The minimum Gasteiger partial charge on any atom is -0.389 e. The highest BCUT2D eigenvalue weighted by atomic mass is 35.5. The SMILES string of the molecule is CNC[C@@H](O)[C@H](c1ccccc1Cl)n1ccc2ccccc21. The van der Waals surface area contributed by atoms with Crippen molar-refractivity contribution in [1.29, 1.82) is 0 Å². The molecule has 0 aliphatic rings. The highest BCUT2D eigenvalue weighted by Crippen LogP contribution is 2.31. The number of aliphatic hydroxyl groups excluding tert-OH is 1. The summed E-state index contributed by atoms with van der Waals surface area (Å²) in [7, 11) is 1.83. The molecule has 0 amide bonds. The van der Waals surface area contributed by atoms with E-state index in [0.29, 0.717) is 11.6 Å². The molecule has 0 saturated heterocycles. The molecule has 3 rings (SSSR count). The van der Waals surface area contributed by atoms with E-state index in [4.69, 9.17) is 11.6 Å². The molecular formula is C18H19ClN2O. The summed E-state index contributed by atoms with van der Waals surface area (Å²) in [4.78, 5) is 0. The van der Waals surface area contributed by atoms with Crippen LogP contribution in [0.5, 0.6) is 0 Å². The van der Waals surface area contributed by atoms with Crippen LogP contribution in [0, 0.1) is 0 Å². The molecule has 0 aliphatic carbocycles. The third-order valence-corrected chi connectivity index (χ3v) is 4.28. The van der Waals surface area contributed by atoms with Crippen LogP contribution in [0.4, 0.5) is 0 Å². The highest BCUT2D eigenvalue weighted by molar-refractivity contribution is 6.31. The van der Waals surface area contributed by atoms with Crippen molar-refractivity contribution in [2.45, 2.75) is 12.1 Å². The molecule has 3 nitrogen and oxygen atoms in total. The maximum atomic E-state index is 10.7. The molecule has 3 aromatic rings. The molecule has 2 atom stereocenters. The minimum atomic E-state index is -0.583. The number of hydrogen-bond acceptors (Lipinski definition) is 2. The lowest BCUT2D eigenvalue weighted by Gasteiger charge is -2.27. The molecule has 0 bridgehead atoms. The number of rotatable bonds is 5. The molecule has 2 N–H and O–H groups in total. The van der Waals surface area contributed by atoms with Crippen molar-refractivity contribution in [3.05, 3.63) is 71.4 Å². The van der Waals surface area contributed by atoms with Gasteiger partial charge in [-0.05, 0) is 36.2 Å². The van der Waals surface area contributed by atoms with E-state index < -0.39 is 6.10 Å². The summed E-state index contributed by atoms with van der Waals surface area (Å²) < 4.78 is 2.10. The Morgan fingerprint density at radius 3 is 2.59 bits per heavy atom. The van der Waals surface area contributed by atoms with Crippen LogP contribution in [0.15, 0.2) is 60.8 Å². The molecule has 22 heavy (non-hydrogen) atoms. The summed E-state index contributed by atoms with van der Waals surface area (Å²) in [6, 6.07) is 17.7. The molecule has 1 heterocycles. The first-order chi connectivity index (χ1) is 10.7. The van der Waals surface area contributed by atoms with Crippen LogP contribution in [-0.4, -0.2) is 29.4 Å². The first kappa shape index (κ1) is 15.1. The highest BCUT2D eigenvalue weighted by Gasteiger charge is 2.25. The second-order valence-electron chi connectivity index (χ2n) is 5.37. The van der Waals surface area contributed by atoms with Crippen molar-refractivity contribution in [3.8, 4) is 0 Å². The molecule has 0 radical (unpaired) electrons. The van der Waals surface area contributed by atoms with Gasteiger partial charge in [-0.25, -0.2) is 0 Å². The van der Waals surface area contributed by atoms with Gasteiger partial charge in [0.05, 0.1) is 12.1 Å². The fourth-order valence-corrected chi connectivity index (χ4v) is 3.17. The Bertz CT molecular complexity index is 768. The number of likely N-dealkylation sites (N-methyl/N-ethyl adjacent to an activating group) is 1. The molecule has 114 valence electrons. The average Bonchev–Trinajstić information content (AvgIpc) is 2.94. The van der Waals surface area contributed by atoms with E-state index in [9.17, 15) is 5.11 Å². The average molecular weight is 315 g/mol. The van der Waals surface area contributed by atoms with Gasteiger partial charge in [-0.15, -0.1) is 0 Å². The number of halogens is 1. The lowest BCUT2D eigenvalue weighted by molar-refractivity contribution is 0.132. The minimum absolute atomic E-state index is 0.235. The molecule has 0 aliphatic heterocycles. The van der Waals surface area contributed by atoms with Gasteiger partial charge in [0.15, 0.2) is 0 Å². The number of hydrogen-bond donors (Lipinski definition) is 2. The number of aliphatic hydroxyl groups is 1. The Labute approximate surface area is 135 Å². The lowest BCUT2D eigenvalue weighted by Crippen LogP contribution is -2.33. The predicted octanol–water partition coefficient (Wildman–Crippen LogP) is 3.46. The van der Waals surface area contributed by atoms with Crippen LogP contribution in [-0.2, 0) is 0 Å². The topological polar surface area (TPSA) is 37.2 Å². The van der Waals surface area contributed by atoms with Crippen molar-refractivity contribution < 1.29 is 5.11 Å². The third kappa shape index (κ3) is 2.75. The number of nitrogens with one attached hydrogen (secondary N) is 1. The number of aromatic nitrogens is 1. The number of para-hydroxylation sites is 1. The fourth-order valence-electron chi connectivity index (χ4n) is 2.93. The van der Waals surface area contributed by atoms with Crippen LogP contribution >= 0.6 is 11.6 Å². The largest absolute Gasteiger partial charge is 0.389 e. The van der Waals surface area contributed by atoms with Crippen LogP contribution in [0.3, 0.4) is 0 Å². The summed E-state index contributed by atoms with van der Waals surface area (Å²) in [5, 5.41) is 15.5. The van der Waals surface area contributed by atoms with Crippen LogP contribution < -0.4 is 5.32 Å². The van der Waals surface area contributed by atoms with E-state index in [1.165, 1.54) is 0 Å². The second-order valence-corrected chi connectivity index (χ2v) is 5.78. The van der Waals surface area contributed by atoms with E-state index in [0.717, 1.165) is 16.5 Å². The van der Waals surface area contributed by atoms with Gasteiger partial charge in [-0.3, -0.25) is 0 Å². The summed E-state index contributed by atoms with van der Waals surface area (Å²) >= 11 is 6.39. The zero-order chi connectivity index (χ0) is 15.5.